The van der Waals surface area contributed by atoms with E-state index < -0.39 is 0 Å². The van der Waals surface area contributed by atoms with Gasteiger partial charge in [-0.15, -0.1) is 10.2 Å². The van der Waals surface area contributed by atoms with Crippen molar-refractivity contribution >= 4 is 22.6 Å². The summed E-state index contributed by atoms with van der Waals surface area (Å²) in [5.41, 5.74) is 5.27. The molecule has 0 atom stereocenters. The third-order valence-corrected chi connectivity index (χ3v) is 3.91. The number of benzene rings is 2. The van der Waals surface area contributed by atoms with Crippen LogP contribution in [0.4, 0.5) is 0 Å². The molecule has 2 aromatic carbocycles. The van der Waals surface area contributed by atoms with E-state index in [1.807, 2.05) is 24.3 Å². The molecule has 0 radical (unpaired) electrons. The Labute approximate surface area is 129 Å². The van der Waals surface area contributed by atoms with E-state index in [1.54, 1.807) is 4.80 Å². The van der Waals surface area contributed by atoms with Gasteiger partial charge in [-0.3, -0.25) is 0 Å². The predicted molar refractivity (Wildman–Crippen MR) is 87.3 cm³/mol. The third kappa shape index (κ3) is 2.54. The maximum Gasteiger partial charge on any atom is 0.115 e. The Kier molecular flexibility index (Phi) is 3.25. The van der Waals surface area contributed by atoms with Crippen molar-refractivity contribution in [1.29, 1.82) is 0 Å². The van der Waals surface area contributed by atoms with E-state index >= 15 is 0 Å². The number of rotatable bonds is 1. The Hall–Kier alpha value is -1.87. The number of aromatic nitrogens is 3. The van der Waals surface area contributed by atoms with Crippen LogP contribution in [0, 0.1) is 6.92 Å². The minimum absolute atomic E-state index is 0.0932. The smallest absolute Gasteiger partial charge is 0.115 e. The zero-order chi connectivity index (χ0) is 15.2. The summed E-state index contributed by atoms with van der Waals surface area (Å²) < 4.78 is 0. The molecular formula is C17H18ClN3. The molecule has 1 aromatic heterocycles. The fraction of sp³-hybridized carbons (Fsp3) is 0.294. The number of nitrogens with zero attached hydrogens (tertiary/aromatic N) is 3. The highest BCUT2D eigenvalue weighted by Crippen LogP contribution is 2.29. The van der Waals surface area contributed by atoms with Crippen LogP contribution in [0.2, 0.25) is 5.02 Å². The summed E-state index contributed by atoms with van der Waals surface area (Å²) in [6.07, 6.45) is 0. The quantitative estimate of drug-likeness (QED) is 0.653. The van der Waals surface area contributed by atoms with Gasteiger partial charge in [-0.25, -0.2) is 0 Å². The molecule has 0 saturated carbocycles. The van der Waals surface area contributed by atoms with Gasteiger partial charge in [0.2, 0.25) is 0 Å². The minimum Gasteiger partial charge on any atom is -0.150 e. The molecule has 3 nitrogen and oxygen atoms in total. The Morgan fingerprint density at radius 2 is 1.71 bits per heavy atom. The highest BCUT2D eigenvalue weighted by atomic mass is 35.5. The van der Waals surface area contributed by atoms with Gasteiger partial charge >= 0.3 is 0 Å². The highest BCUT2D eigenvalue weighted by Gasteiger charge is 2.19. The van der Waals surface area contributed by atoms with Crippen LogP contribution in [0.15, 0.2) is 36.4 Å². The lowest BCUT2D eigenvalue weighted by Gasteiger charge is -2.22. The molecule has 0 N–H and O–H groups in total. The topological polar surface area (TPSA) is 30.7 Å². The Morgan fingerprint density at radius 3 is 2.43 bits per heavy atom. The minimum atomic E-state index is 0.0932. The Balaban J connectivity index is 2.19. The van der Waals surface area contributed by atoms with Crippen molar-refractivity contribution in [3.05, 3.63) is 52.5 Å². The maximum absolute atomic E-state index is 6.01. The molecule has 21 heavy (non-hydrogen) atoms. The molecule has 0 unspecified atom stereocenters. The van der Waals surface area contributed by atoms with Crippen molar-refractivity contribution in [3.63, 3.8) is 0 Å². The first kappa shape index (κ1) is 14.1. The second-order valence-corrected chi connectivity index (χ2v) is 6.76. The monoisotopic (exact) mass is 299 g/mol. The number of hydrogen-bond acceptors (Lipinski definition) is 2. The standard InChI is InChI=1S/C17H18ClN3/c1-11-13(17(2,3)4)6-5-7-16(11)21-19-14-9-8-12(18)10-15(14)20-21/h5-10H,1-4H3. The largest absolute Gasteiger partial charge is 0.150 e. The van der Waals surface area contributed by atoms with Crippen molar-refractivity contribution < 1.29 is 0 Å². The van der Waals surface area contributed by atoms with Crippen LogP contribution in [0.1, 0.15) is 31.9 Å². The molecule has 0 bridgehead atoms. The third-order valence-electron chi connectivity index (χ3n) is 3.67. The van der Waals surface area contributed by atoms with Crippen LogP contribution in [0.25, 0.3) is 16.7 Å². The van der Waals surface area contributed by atoms with Gasteiger partial charge in [-0.1, -0.05) is 44.5 Å². The molecule has 0 spiro atoms. The van der Waals surface area contributed by atoms with Gasteiger partial charge in [0, 0.05) is 5.02 Å². The summed E-state index contributed by atoms with van der Waals surface area (Å²) in [4.78, 5) is 1.70. The van der Waals surface area contributed by atoms with Crippen LogP contribution >= 0.6 is 11.6 Å². The van der Waals surface area contributed by atoms with E-state index in [2.05, 4.69) is 50.0 Å². The van der Waals surface area contributed by atoms with Gasteiger partial charge in [0.05, 0.1) is 5.69 Å². The summed E-state index contributed by atoms with van der Waals surface area (Å²) in [5.74, 6) is 0. The summed E-state index contributed by atoms with van der Waals surface area (Å²) in [6.45, 7) is 8.76. The second kappa shape index (κ2) is 4.85. The zero-order valence-electron chi connectivity index (χ0n) is 12.7. The normalized spacial score (nSPS) is 12.0. The van der Waals surface area contributed by atoms with Gasteiger partial charge in [0.15, 0.2) is 0 Å². The van der Waals surface area contributed by atoms with Gasteiger partial charge in [0.25, 0.3) is 0 Å². The van der Waals surface area contributed by atoms with Crippen molar-refractivity contribution in [2.75, 3.05) is 0 Å². The average molecular weight is 300 g/mol. The van der Waals surface area contributed by atoms with Crippen molar-refractivity contribution in [3.8, 4) is 5.69 Å². The lowest BCUT2D eigenvalue weighted by molar-refractivity contribution is 0.584. The SMILES string of the molecule is Cc1c(-n2nc3ccc(Cl)cc3n2)cccc1C(C)(C)C. The van der Waals surface area contributed by atoms with Crippen LogP contribution in [0.3, 0.4) is 0 Å². The predicted octanol–water partition coefficient (Wildman–Crippen LogP) is 4.68. The van der Waals surface area contributed by atoms with E-state index in [0.29, 0.717) is 5.02 Å². The lowest BCUT2D eigenvalue weighted by atomic mass is 9.84. The van der Waals surface area contributed by atoms with Crippen molar-refractivity contribution in [1.82, 2.24) is 15.0 Å². The van der Waals surface area contributed by atoms with Gasteiger partial charge < -0.3 is 0 Å². The van der Waals surface area contributed by atoms with Crippen molar-refractivity contribution in [2.45, 2.75) is 33.1 Å². The molecule has 1 heterocycles. The Morgan fingerprint density at radius 1 is 1.00 bits per heavy atom. The lowest BCUT2D eigenvalue weighted by Crippen LogP contribution is -2.15. The molecule has 0 amide bonds. The second-order valence-electron chi connectivity index (χ2n) is 6.32. The number of halogens is 1. The summed E-state index contributed by atoms with van der Waals surface area (Å²) >= 11 is 6.01. The van der Waals surface area contributed by atoms with Gasteiger partial charge in [0.1, 0.15) is 11.0 Å². The average Bonchev–Trinajstić information content (AvgIpc) is 2.80. The molecule has 0 aliphatic heterocycles. The first-order valence-electron chi connectivity index (χ1n) is 6.99. The van der Waals surface area contributed by atoms with E-state index in [9.17, 15) is 0 Å². The first-order valence-corrected chi connectivity index (χ1v) is 7.37. The molecule has 0 saturated heterocycles. The first-order chi connectivity index (χ1) is 9.86. The van der Waals surface area contributed by atoms with E-state index in [1.165, 1.54) is 11.1 Å². The summed E-state index contributed by atoms with van der Waals surface area (Å²) in [6, 6.07) is 11.8. The van der Waals surface area contributed by atoms with Crippen molar-refractivity contribution in [2.24, 2.45) is 0 Å². The fourth-order valence-corrected chi connectivity index (χ4v) is 2.81. The fourth-order valence-electron chi connectivity index (χ4n) is 2.65. The van der Waals surface area contributed by atoms with Gasteiger partial charge in [-0.2, -0.15) is 4.80 Å². The molecular weight excluding hydrogens is 282 g/mol. The highest BCUT2D eigenvalue weighted by molar-refractivity contribution is 6.31. The maximum atomic E-state index is 6.01. The molecule has 108 valence electrons. The Bertz CT molecular complexity index is 813. The van der Waals surface area contributed by atoms with E-state index in [4.69, 9.17) is 11.6 Å². The summed E-state index contributed by atoms with van der Waals surface area (Å²) in [5, 5.41) is 9.78. The summed E-state index contributed by atoms with van der Waals surface area (Å²) in [7, 11) is 0. The molecule has 0 fully saturated rings. The van der Waals surface area contributed by atoms with E-state index in [-0.39, 0.29) is 5.41 Å². The number of hydrogen-bond donors (Lipinski definition) is 0. The molecule has 3 rings (SSSR count). The molecule has 0 aliphatic rings. The molecule has 3 aromatic rings. The zero-order valence-corrected chi connectivity index (χ0v) is 13.4. The van der Waals surface area contributed by atoms with Gasteiger partial charge in [-0.05, 0) is 47.7 Å². The van der Waals surface area contributed by atoms with Crippen LogP contribution < -0.4 is 0 Å². The van der Waals surface area contributed by atoms with E-state index in [0.717, 1.165) is 16.7 Å². The molecule has 0 aliphatic carbocycles. The number of fused-ring (bicyclic) bond motifs is 1. The van der Waals surface area contributed by atoms with Crippen LogP contribution in [-0.4, -0.2) is 15.0 Å². The van der Waals surface area contributed by atoms with Crippen LogP contribution in [0.5, 0.6) is 0 Å². The van der Waals surface area contributed by atoms with Crippen LogP contribution in [-0.2, 0) is 5.41 Å². The molecule has 4 heteroatoms.